The average Bonchev–Trinajstić information content (AvgIpc) is 2.81. The van der Waals surface area contributed by atoms with Crippen LogP contribution in [0.1, 0.15) is 44.5 Å². The Kier molecular flexibility index (Phi) is 5.11. The Hall–Kier alpha value is -1.56. The van der Waals surface area contributed by atoms with E-state index in [-0.39, 0.29) is 5.92 Å². The van der Waals surface area contributed by atoms with Crippen molar-refractivity contribution >= 4 is 11.0 Å². The fourth-order valence-electron chi connectivity index (χ4n) is 2.47. The Balaban J connectivity index is 2.37. The van der Waals surface area contributed by atoms with E-state index >= 15 is 0 Å². The second kappa shape index (κ2) is 6.69. The summed E-state index contributed by atoms with van der Waals surface area (Å²) in [6, 6.07) is 3.76. The molecule has 0 bridgehead atoms. The van der Waals surface area contributed by atoms with E-state index in [0.717, 1.165) is 29.9 Å². The minimum Gasteiger partial charge on any atom is -0.382 e. The highest BCUT2D eigenvalue weighted by molar-refractivity contribution is 5.77. The van der Waals surface area contributed by atoms with Crippen molar-refractivity contribution in [2.45, 2.75) is 45.8 Å². The molecule has 0 atom stereocenters. The first-order valence-electron chi connectivity index (χ1n) is 7.49. The number of benzene rings is 1. The van der Waals surface area contributed by atoms with Crippen molar-refractivity contribution in [1.82, 2.24) is 9.55 Å². The molecular weight excluding hydrogens is 293 g/mol. The van der Waals surface area contributed by atoms with Crippen molar-refractivity contribution in [1.29, 1.82) is 0 Å². The van der Waals surface area contributed by atoms with Crippen LogP contribution >= 0.6 is 0 Å². The van der Waals surface area contributed by atoms with Gasteiger partial charge >= 0.3 is 6.18 Å². The van der Waals surface area contributed by atoms with E-state index in [1.807, 2.05) is 25.3 Å². The lowest BCUT2D eigenvalue weighted by Gasteiger charge is -2.11. The number of ether oxygens (including phenoxy) is 1. The first-order chi connectivity index (χ1) is 10.3. The van der Waals surface area contributed by atoms with Gasteiger partial charge in [0.25, 0.3) is 0 Å². The van der Waals surface area contributed by atoms with E-state index in [4.69, 9.17) is 4.74 Å². The quantitative estimate of drug-likeness (QED) is 0.728. The zero-order valence-electron chi connectivity index (χ0n) is 13.1. The summed E-state index contributed by atoms with van der Waals surface area (Å²) in [6.07, 6.45) is -3.54. The van der Waals surface area contributed by atoms with Crippen molar-refractivity contribution in [2.24, 2.45) is 0 Å². The van der Waals surface area contributed by atoms with Gasteiger partial charge in [0.1, 0.15) is 5.82 Å². The zero-order valence-corrected chi connectivity index (χ0v) is 13.1. The van der Waals surface area contributed by atoms with Gasteiger partial charge in [0.2, 0.25) is 0 Å². The number of halogens is 3. The summed E-state index contributed by atoms with van der Waals surface area (Å²) >= 11 is 0. The van der Waals surface area contributed by atoms with Crippen LogP contribution in [0.3, 0.4) is 0 Å². The smallest absolute Gasteiger partial charge is 0.382 e. The molecule has 6 heteroatoms. The Labute approximate surface area is 128 Å². The number of aryl methyl sites for hydroxylation is 1. The molecule has 22 heavy (non-hydrogen) atoms. The lowest BCUT2D eigenvalue weighted by molar-refractivity contribution is -0.137. The minimum atomic E-state index is -4.34. The molecule has 0 saturated heterocycles. The van der Waals surface area contributed by atoms with Crippen LogP contribution in [-0.4, -0.2) is 22.8 Å². The van der Waals surface area contributed by atoms with Gasteiger partial charge < -0.3 is 9.30 Å². The van der Waals surface area contributed by atoms with E-state index in [2.05, 4.69) is 4.98 Å². The predicted molar refractivity (Wildman–Crippen MR) is 79.9 cm³/mol. The van der Waals surface area contributed by atoms with Crippen molar-refractivity contribution < 1.29 is 17.9 Å². The first kappa shape index (κ1) is 16.8. The average molecular weight is 314 g/mol. The molecule has 0 fully saturated rings. The second-order valence-corrected chi connectivity index (χ2v) is 5.53. The summed E-state index contributed by atoms with van der Waals surface area (Å²) in [5.74, 6) is 0.958. The van der Waals surface area contributed by atoms with Gasteiger partial charge in [-0.05, 0) is 31.5 Å². The molecule has 0 spiro atoms. The van der Waals surface area contributed by atoms with Gasteiger partial charge in [-0.15, -0.1) is 0 Å². The summed E-state index contributed by atoms with van der Waals surface area (Å²) in [4.78, 5) is 4.41. The highest BCUT2D eigenvalue weighted by Gasteiger charge is 2.31. The van der Waals surface area contributed by atoms with Crippen LogP contribution in [0.4, 0.5) is 13.2 Å². The summed E-state index contributed by atoms with van der Waals surface area (Å²) in [7, 11) is 0. The SMILES string of the molecule is CCOCCCn1c(C(C)C)nc2cc(C(F)(F)F)ccc21. The number of fused-ring (bicyclic) bond motifs is 1. The summed E-state index contributed by atoms with van der Waals surface area (Å²) in [5.41, 5.74) is 0.484. The number of nitrogens with zero attached hydrogens (tertiary/aromatic N) is 2. The molecule has 0 amide bonds. The maximum absolute atomic E-state index is 12.8. The van der Waals surface area contributed by atoms with Crippen molar-refractivity contribution in [2.75, 3.05) is 13.2 Å². The third-order valence-corrected chi connectivity index (χ3v) is 3.50. The third kappa shape index (κ3) is 3.61. The van der Waals surface area contributed by atoms with E-state index < -0.39 is 11.7 Å². The number of hydrogen-bond acceptors (Lipinski definition) is 2. The minimum absolute atomic E-state index is 0.147. The molecule has 1 heterocycles. The van der Waals surface area contributed by atoms with Crippen LogP contribution in [-0.2, 0) is 17.5 Å². The number of alkyl halides is 3. The predicted octanol–water partition coefficient (Wildman–Crippen LogP) is 4.61. The Morgan fingerprint density at radius 3 is 2.59 bits per heavy atom. The van der Waals surface area contributed by atoms with Gasteiger partial charge in [0.05, 0.1) is 16.6 Å². The molecule has 0 aliphatic rings. The topological polar surface area (TPSA) is 27.1 Å². The van der Waals surface area contributed by atoms with Crippen LogP contribution < -0.4 is 0 Å². The monoisotopic (exact) mass is 314 g/mol. The Bertz CT molecular complexity index is 632. The van der Waals surface area contributed by atoms with Gasteiger partial charge in [0.15, 0.2) is 0 Å². The Morgan fingerprint density at radius 2 is 2.00 bits per heavy atom. The molecule has 0 radical (unpaired) electrons. The van der Waals surface area contributed by atoms with Gasteiger partial charge in [-0.1, -0.05) is 13.8 Å². The molecule has 0 N–H and O–H groups in total. The molecule has 0 unspecified atom stereocenters. The fourth-order valence-corrected chi connectivity index (χ4v) is 2.47. The third-order valence-electron chi connectivity index (χ3n) is 3.50. The number of hydrogen-bond donors (Lipinski definition) is 0. The van der Waals surface area contributed by atoms with E-state index in [9.17, 15) is 13.2 Å². The maximum Gasteiger partial charge on any atom is 0.416 e. The molecule has 122 valence electrons. The molecule has 3 nitrogen and oxygen atoms in total. The number of aromatic nitrogens is 2. The van der Waals surface area contributed by atoms with Gasteiger partial charge in [-0.2, -0.15) is 13.2 Å². The molecule has 0 aliphatic carbocycles. The summed E-state index contributed by atoms with van der Waals surface area (Å²) in [6.45, 7) is 7.90. The van der Waals surface area contributed by atoms with Crippen molar-refractivity contribution in [3.8, 4) is 0 Å². The second-order valence-electron chi connectivity index (χ2n) is 5.53. The normalized spacial score (nSPS) is 12.5. The lowest BCUT2D eigenvalue weighted by atomic mass is 10.2. The molecule has 1 aromatic heterocycles. The lowest BCUT2D eigenvalue weighted by Crippen LogP contribution is -2.08. The van der Waals surface area contributed by atoms with Crippen molar-refractivity contribution in [3.63, 3.8) is 0 Å². The van der Waals surface area contributed by atoms with Crippen LogP contribution in [0, 0.1) is 0 Å². The number of rotatable bonds is 6. The zero-order chi connectivity index (χ0) is 16.3. The van der Waals surface area contributed by atoms with E-state index in [1.54, 1.807) is 0 Å². The van der Waals surface area contributed by atoms with Crippen LogP contribution in [0.5, 0.6) is 0 Å². The molecule has 2 rings (SSSR count). The summed E-state index contributed by atoms with van der Waals surface area (Å²) < 4.78 is 45.8. The van der Waals surface area contributed by atoms with Crippen LogP contribution in [0.15, 0.2) is 18.2 Å². The van der Waals surface area contributed by atoms with Gasteiger partial charge in [-0.25, -0.2) is 4.98 Å². The van der Waals surface area contributed by atoms with Gasteiger partial charge in [0, 0.05) is 25.7 Å². The molecule has 0 aliphatic heterocycles. The van der Waals surface area contributed by atoms with E-state index in [0.29, 0.717) is 25.3 Å². The van der Waals surface area contributed by atoms with Crippen LogP contribution in [0.2, 0.25) is 0 Å². The number of imidazole rings is 1. The Morgan fingerprint density at radius 1 is 1.27 bits per heavy atom. The van der Waals surface area contributed by atoms with Gasteiger partial charge in [-0.3, -0.25) is 0 Å². The van der Waals surface area contributed by atoms with E-state index in [1.165, 1.54) is 6.07 Å². The first-order valence-corrected chi connectivity index (χ1v) is 7.49. The summed E-state index contributed by atoms with van der Waals surface area (Å²) in [5, 5.41) is 0. The highest BCUT2D eigenvalue weighted by Crippen LogP contribution is 2.32. The highest BCUT2D eigenvalue weighted by atomic mass is 19.4. The largest absolute Gasteiger partial charge is 0.416 e. The molecule has 1 aromatic carbocycles. The van der Waals surface area contributed by atoms with Crippen molar-refractivity contribution in [3.05, 3.63) is 29.6 Å². The maximum atomic E-state index is 12.8. The molecule has 0 saturated carbocycles. The molecular formula is C16H21F3N2O. The molecule has 2 aromatic rings. The van der Waals surface area contributed by atoms with Crippen LogP contribution in [0.25, 0.3) is 11.0 Å². The fraction of sp³-hybridized carbons (Fsp3) is 0.562. The standard InChI is InChI=1S/C16H21F3N2O/c1-4-22-9-5-8-21-14-7-6-12(16(17,18)19)10-13(14)20-15(21)11(2)3/h6-7,10-11H,4-5,8-9H2,1-3H3.